The van der Waals surface area contributed by atoms with Gasteiger partial charge in [0.2, 0.25) is 0 Å². The Morgan fingerprint density at radius 3 is 2.00 bits per heavy atom. The molecule has 0 aromatic heterocycles. The molecule has 0 aromatic rings. The lowest BCUT2D eigenvalue weighted by atomic mass is 10.2. The number of hydrogen-bond acceptors (Lipinski definition) is 3. The lowest BCUT2D eigenvalue weighted by Crippen LogP contribution is -2.54. The van der Waals surface area contributed by atoms with Crippen LogP contribution in [0.3, 0.4) is 0 Å². The fourth-order valence-electron chi connectivity index (χ4n) is 0.758. The summed E-state index contributed by atoms with van der Waals surface area (Å²) in [5.74, 6) is -12.6. The van der Waals surface area contributed by atoms with Gasteiger partial charge in [0.1, 0.15) is 13.2 Å². The van der Waals surface area contributed by atoms with E-state index in [1.165, 1.54) is 0 Å². The summed E-state index contributed by atoms with van der Waals surface area (Å²) in [4.78, 5) is 10.4. The summed E-state index contributed by atoms with van der Waals surface area (Å²) >= 11 is 0. The van der Waals surface area contributed by atoms with Crippen LogP contribution in [0, 0.1) is 0 Å². The van der Waals surface area contributed by atoms with E-state index < -0.39 is 43.8 Å². The Balaban J connectivity index is 4.25. The predicted molar refractivity (Wildman–Crippen MR) is 47.9 cm³/mol. The SMILES string of the molecule is C=CC(=O)OCCOCC(F)(F)C(F)(F)C(F)(F)F. The number of alkyl halides is 7. The molecular formula is C9H9F7O3. The molecule has 0 aliphatic carbocycles. The molecule has 0 atom stereocenters. The average Bonchev–Trinajstić information content (AvgIpc) is 2.26. The summed E-state index contributed by atoms with van der Waals surface area (Å²) in [6, 6.07) is 0. The molecule has 0 aliphatic rings. The van der Waals surface area contributed by atoms with Crippen molar-refractivity contribution >= 4 is 5.97 Å². The maximum absolute atomic E-state index is 12.6. The molecular weight excluding hydrogens is 289 g/mol. The molecule has 0 N–H and O–H groups in total. The van der Waals surface area contributed by atoms with E-state index in [9.17, 15) is 35.5 Å². The van der Waals surface area contributed by atoms with E-state index >= 15 is 0 Å². The van der Waals surface area contributed by atoms with Crippen molar-refractivity contribution in [3.05, 3.63) is 12.7 Å². The van der Waals surface area contributed by atoms with Crippen molar-refractivity contribution in [3.8, 4) is 0 Å². The van der Waals surface area contributed by atoms with E-state index in [-0.39, 0.29) is 0 Å². The molecule has 0 rings (SSSR count). The van der Waals surface area contributed by atoms with E-state index in [1.54, 1.807) is 0 Å². The zero-order valence-electron chi connectivity index (χ0n) is 9.28. The molecule has 0 saturated carbocycles. The monoisotopic (exact) mass is 298 g/mol. The van der Waals surface area contributed by atoms with Crippen LogP contribution in [-0.4, -0.2) is 43.8 Å². The van der Waals surface area contributed by atoms with Crippen LogP contribution in [0.15, 0.2) is 12.7 Å². The predicted octanol–water partition coefficient (Wildman–Crippen LogP) is 2.57. The third kappa shape index (κ3) is 4.69. The van der Waals surface area contributed by atoms with Gasteiger partial charge in [-0.1, -0.05) is 6.58 Å². The maximum atomic E-state index is 12.6. The van der Waals surface area contributed by atoms with Crippen molar-refractivity contribution in [3.63, 3.8) is 0 Å². The summed E-state index contributed by atoms with van der Waals surface area (Å²) in [6.07, 6.45) is -5.65. The third-order valence-corrected chi connectivity index (χ3v) is 1.74. The van der Waals surface area contributed by atoms with Gasteiger partial charge in [-0.05, 0) is 0 Å². The van der Waals surface area contributed by atoms with Crippen molar-refractivity contribution in [2.75, 3.05) is 19.8 Å². The summed E-state index contributed by atoms with van der Waals surface area (Å²) in [6.45, 7) is -0.509. The molecule has 112 valence electrons. The van der Waals surface area contributed by atoms with Crippen molar-refractivity contribution in [2.24, 2.45) is 0 Å². The van der Waals surface area contributed by atoms with E-state index in [2.05, 4.69) is 16.1 Å². The molecule has 0 saturated heterocycles. The number of esters is 1. The fraction of sp³-hybridized carbons (Fsp3) is 0.667. The second-order valence-electron chi connectivity index (χ2n) is 3.20. The van der Waals surface area contributed by atoms with Crippen LogP contribution >= 0.6 is 0 Å². The van der Waals surface area contributed by atoms with Gasteiger partial charge in [0.15, 0.2) is 0 Å². The van der Waals surface area contributed by atoms with Crippen molar-refractivity contribution in [1.29, 1.82) is 0 Å². The molecule has 19 heavy (non-hydrogen) atoms. The minimum atomic E-state index is -6.39. The minimum absolute atomic E-state index is 0.585. The summed E-state index contributed by atoms with van der Waals surface area (Å²) in [7, 11) is 0. The second kappa shape index (κ2) is 6.22. The van der Waals surface area contributed by atoms with Crippen LogP contribution in [0.25, 0.3) is 0 Å². The fourth-order valence-corrected chi connectivity index (χ4v) is 0.758. The Morgan fingerprint density at radius 2 is 1.58 bits per heavy atom. The van der Waals surface area contributed by atoms with E-state index in [4.69, 9.17) is 0 Å². The zero-order chi connectivity index (χ0) is 15.3. The number of halogens is 7. The van der Waals surface area contributed by atoms with Gasteiger partial charge >= 0.3 is 24.0 Å². The van der Waals surface area contributed by atoms with E-state index in [1.807, 2.05) is 0 Å². The Morgan fingerprint density at radius 1 is 1.05 bits per heavy atom. The van der Waals surface area contributed by atoms with Gasteiger partial charge in [-0.15, -0.1) is 0 Å². The largest absolute Gasteiger partial charge is 0.460 e. The van der Waals surface area contributed by atoms with Crippen molar-refractivity contribution in [2.45, 2.75) is 18.0 Å². The van der Waals surface area contributed by atoms with Gasteiger partial charge in [-0.25, -0.2) is 4.79 Å². The third-order valence-electron chi connectivity index (χ3n) is 1.74. The van der Waals surface area contributed by atoms with Crippen LogP contribution in [0.4, 0.5) is 30.7 Å². The van der Waals surface area contributed by atoms with E-state index in [0.717, 1.165) is 6.08 Å². The van der Waals surface area contributed by atoms with Gasteiger partial charge in [0.25, 0.3) is 0 Å². The lowest BCUT2D eigenvalue weighted by Gasteiger charge is -2.27. The van der Waals surface area contributed by atoms with Crippen LogP contribution < -0.4 is 0 Å². The first-order valence-corrected chi connectivity index (χ1v) is 4.65. The summed E-state index contributed by atoms with van der Waals surface area (Å²) in [5.41, 5.74) is 0. The smallest absolute Gasteiger partial charge is 0.459 e. The van der Waals surface area contributed by atoms with Crippen LogP contribution in [0.2, 0.25) is 0 Å². The van der Waals surface area contributed by atoms with Gasteiger partial charge in [-0.3, -0.25) is 0 Å². The minimum Gasteiger partial charge on any atom is -0.460 e. The highest BCUT2D eigenvalue weighted by Gasteiger charge is 2.72. The highest BCUT2D eigenvalue weighted by molar-refractivity contribution is 5.81. The molecule has 10 heteroatoms. The van der Waals surface area contributed by atoms with E-state index in [0.29, 0.717) is 0 Å². The molecule has 0 spiro atoms. The topological polar surface area (TPSA) is 35.5 Å². The molecule has 0 heterocycles. The van der Waals surface area contributed by atoms with Gasteiger partial charge in [0, 0.05) is 6.08 Å². The van der Waals surface area contributed by atoms with Crippen molar-refractivity contribution < 1.29 is 45.0 Å². The number of carbonyl (C=O) groups excluding carboxylic acids is 1. The van der Waals surface area contributed by atoms with Crippen LogP contribution in [0.1, 0.15) is 0 Å². The number of hydrogen-bond donors (Lipinski definition) is 0. The Bertz CT molecular complexity index is 324. The number of carbonyl (C=O) groups is 1. The first-order valence-electron chi connectivity index (χ1n) is 4.65. The lowest BCUT2D eigenvalue weighted by molar-refractivity contribution is -0.361. The molecule has 3 nitrogen and oxygen atoms in total. The Hall–Kier alpha value is -1.32. The summed E-state index contributed by atoms with van der Waals surface area (Å²) in [5, 5.41) is 0. The molecule has 0 bridgehead atoms. The molecule has 0 radical (unpaired) electrons. The normalized spacial score (nSPS) is 13.2. The van der Waals surface area contributed by atoms with Gasteiger partial charge in [0.05, 0.1) is 6.61 Å². The van der Waals surface area contributed by atoms with Crippen LogP contribution in [-0.2, 0) is 14.3 Å². The van der Waals surface area contributed by atoms with Gasteiger partial charge < -0.3 is 9.47 Å². The zero-order valence-corrected chi connectivity index (χ0v) is 9.28. The quantitative estimate of drug-likeness (QED) is 0.314. The molecule has 0 fully saturated rings. The Kier molecular flexibility index (Phi) is 5.79. The standard InChI is InChI=1S/C9H9F7O3/c1-2-6(17)19-4-3-18-5-7(10,11)8(12,13)9(14,15)16/h2H,1,3-5H2. The van der Waals surface area contributed by atoms with Gasteiger partial charge in [-0.2, -0.15) is 30.7 Å². The number of rotatable bonds is 7. The molecule has 0 aromatic carbocycles. The average molecular weight is 298 g/mol. The molecule has 0 unspecified atom stereocenters. The highest BCUT2D eigenvalue weighted by atomic mass is 19.4. The first kappa shape index (κ1) is 17.7. The summed E-state index contributed by atoms with van der Waals surface area (Å²) < 4.78 is 93.2. The maximum Gasteiger partial charge on any atom is 0.459 e. The van der Waals surface area contributed by atoms with Crippen molar-refractivity contribution in [1.82, 2.24) is 0 Å². The first-order chi connectivity index (χ1) is 8.45. The Labute approximate surface area is 103 Å². The second-order valence-corrected chi connectivity index (χ2v) is 3.20. The highest BCUT2D eigenvalue weighted by Crippen LogP contribution is 2.46. The van der Waals surface area contributed by atoms with Crippen LogP contribution in [0.5, 0.6) is 0 Å². The molecule has 0 amide bonds. The number of ether oxygens (including phenoxy) is 2. The molecule has 0 aliphatic heterocycles.